The second kappa shape index (κ2) is 18.9. The summed E-state index contributed by atoms with van der Waals surface area (Å²) in [5.74, 6) is 0.113. The molecule has 0 aliphatic rings. The van der Waals surface area contributed by atoms with Crippen molar-refractivity contribution in [1.82, 2.24) is 0 Å². The van der Waals surface area contributed by atoms with Crippen molar-refractivity contribution in [2.24, 2.45) is 0 Å². The Morgan fingerprint density at radius 2 is 0.842 bits per heavy atom. The maximum atomic E-state index is 10.4. The molecule has 0 aliphatic heterocycles. The fraction of sp³-hybridized carbons (Fsp3) is 1.00. The SMILES string of the molecule is CCOS(=O)(=O)CC.CCOS(=O)(=O)CC.[Na].[Na].[Na]. The van der Waals surface area contributed by atoms with E-state index in [-0.39, 0.29) is 113 Å². The van der Waals surface area contributed by atoms with E-state index in [0.717, 1.165) is 0 Å². The summed E-state index contributed by atoms with van der Waals surface area (Å²) < 4.78 is 50.2. The van der Waals surface area contributed by atoms with Gasteiger partial charge < -0.3 is 0 Å². The molecule has 6 nitrogen and oxygen atoms in total. The van der Waals surface area contributed by atoms with Crippen LogP contribution >= 0.6 is 0 Å². The van der Waals surface area contributed by atoms with E-state index in [0.29, 0.717) is 0 Å². The third-order valence-corrected chi connectivity index (χ3v) is 3.91. The van der Waals surface area contributed by atoms with Gasteiger partial charge in [0.25, 0.3) is 20.2 Å². The molecule has 0 heterocycles. The average Bonchev–Trinajstić information content (AvgIpc) is 2.19. The summed E-state index contributed by atoms with van der Waals surface area (Å²) >= 11 is 0. The molecular weight excluding hydrogens is 325 g/mol. The van der Waals surface area contributed by atoms with Gasteiger partial charge in [0, 0.05) is 88.7 Å². The van der Waals surface area contributed by atoms with E-state index in [1.165, 1.54) is 0 Å². The van der Waals surface area contributed by atoms with Crippen molar-refractivity contribution in [3.8, 4) is 0 Å². The van der Waals surface area contributed by atoms with Gasteiger partial charge in [-0.2, -0.15) is 16.8 Å². The van der Waals surface area contributed by atoms with E-state index in [1.54, 1.807) is 27.7 Å². The topological polar surface area (TPSA) is 86.7 Å². The van der Waals surface area contributed by atoms with Gasteiger partial charge in [0.1, 0.15) is 0 Å². The summed E-state index contributed by atoms with van der Waals surface area (Å²) in [6.07, 6.45) is 0. The molecule has 0 aromatic carbocycles. The van der Waals surface area contributed by atoms with Crippen molar-refractivity contribution < 1.29 is 25.2 Å². The van der Waals surface area contributed by atoms with Crippen LogP contribution in [0.2, 0.25) is 0 Å². The molecule has 0 fully saturated rings. The first kappa shape index (κ1) is 33.4. The van der Waals surface area contributed by atoms with E-state index in [4.69, 9.17) is 0 Å². The average molecular weight is 345 g/mol. The summed E-state index contributed by atoms with van der Waals surface area (Å²) in [6.45, 7) is 6.85. The molecule has 11 heteroatoms. The molecule has 103 valence electrons. The zero-order valence-electron chi connectivity index (χ0n) is 13.1. The second-order valence-electron chi connectivity index (χ2n) is 2.51. The first-order valence-corrected chi connectivity index (χ1v) is 8.14. The Bertz CT molecular complexity index is 319. The van der Waals surface area contributed by atoms with Crippen LogP contribution in [-0.4, -0.2) is 130 Å². The quantitative estimate of drug-likeness (QED) is 0.481. The first-order valence-electron chi connectivity index (χ1n) is 4.98. The van der Waals surface area contributed by atoms with Crippen molar-refractivity contribution >= 4 is 109 Å². The summed E-state index contributed by atoms with van der Waals surface area (Å²) in [4.78, 5) is 0. The van der Waals surface area contributed by atoms with E-state index >= 15 is 0 Å². The standard InChI is InChI=1S/2C4H10O3S.3Na/c2*1-3-7-8(5,6)4-2;;;/h2*3-4H2,1-2H3;;;. The Hall–Kier alpha value is 2.82. The van der Waals surface area contributed by atoms with Crippen LogP contribution in [0.4, 0.5) is 0 Å². The molecule has 0 N–H and O–H groups in total. The molecule has 19 heavy (non-hydrogen) atoms. The van der Waals surface area contributed by atoms with Crippen LogP contribution in [0.5, 0.6) is 0 Å². The van der Waals surface area contributed by atoms with Gasteiger partial charge in [-0.25, -0.2) is 0 Å². The molecule has 0 aromatic heterocycles. The molecule has 0 atom stereocenters. The Morgan fingerprint density at radius 3 is 0.895 bits per heavy atom. The van der Waals surface area contributed by atoms with Crippen molar-refractivity contribution in [3.63, 3.8) is 0 Å². The predicted molar refractivity (Wildman–Crippen MR) is 79.4 cm³/mol. The molecule has 0 aromatic rings. The van der Waals surface area contributed by atoms with Gasteiger partial charge >= 0.3 is 0 Å². The van der Waals surface area contributed by atoms with Gasteiger partial charge in [-0.05, 0) is 27.7 Å². The van der Waals surface area contributed by atoms with E-state index in [2.05, 4.69) is 8.37 Å². The third-order valence-electron chi connectivity index (χ3n) is 1.30. The molecule has 0 amide bonds. The number of hydrogen-bond donors (Lipinski definition) is 0. The summed E-state index contributed by atoms with van der Waals surface area (Å²) in [5.41, 5.74) is 0. The predicted octanol–water partition coefficient (Wildman–Crippen LogP) is -0.397. The van der Waals surface area contributed by atoms with Crippen LogP contribution in [0, 0.1) is 0 Å². The fourth-order valence-electron chi connectivity index (χ4n) is 0.526. The summed E-state index contributed by atoms with van der Waals surface area (Å²) in [5, 5.41) is 0. The minimum Gasteiger partial charge on any atom is -0.270 e. The molecule has 0 rings (SSSR count). The van der Waals surface area contributed by atoms with Gasteiger partial charge in [-0.3, -0.25) is 8.37 Å². The van der Waals surface area contributed by atoms with Crippen molar-refractivity contribution in [3.05, 3.63) is 0 Å². The minimum absolute atomic E-state index is 0. The van der Waals surface area contributed by atoms with Crippen LogP contribution < -0.4 is 0 Å². The molecule has 0 bridgehead atoms. The van der Waals surface area contributed by atoms with E-state index in [1.807, 2.05) is 0 Å². The molecule has 0 saturated carbocycles. The third kappa shape index (κ3) is 26.1. The van der Waals surface area contributed by atoms with Gasteiger partial charge in [-0.1, -0.05) is 0 Å². The van der Waals surface area contributed by atoms with Gasteiger partial charge in [0.15, 0.2) is 0 Å². The van der Waals surface area contributed by atoms with Gasteiger partial charge in [0.2, 0.25) is 0 Å². The largest absolute Gasteiger partial charge is 0.270 e. The molecule has 3 radical (unpaired) electrons. The Balaban J connectivity index is -0.0000000594. The molecule has 0 spiro atoms. The Labute approximate surface area is 183 Å². The number of rotatable bonds is 6. The monoisotopic (exact) mass is 345 g/mol. The van der Waals surface area contributed by atoms with Crippen molar-refractivity contribution in [1.29, 1.82) is 0 Å². The van der Waals surface area contributed by atoms with Gasteiger partial charge in [-0.15, -0.1) is 0 Å². The zero-order chi connectivity index (χ0) is 13.2. The van der Waals surface area contributed by atoms with Gasteiger partial charge in [0.05, 0.1) is 24.7 Å². The van der Waals surface area contributed by atoms with Crippen molar-refractivity contribution in [2.45, 2.75) is 27.7 Å². The molecule has 0 aliphatic carbocycles. The molecular formula is C8H20Na3O6S2. The van der Waals surface area contributed by atoms with Crippen molar-refractivity contribution in [2.75, 3.05) is 24.7 Å². The second-order valence-corrected chi connectivity index (χ2v) is 6.36. The van der Waals surface area contributed by atoms with Crippen LogP contribution in [0.3, 0.4) is 0 Å². The minimum atomic E-state index is -3.17. The smallest absolute Gasteiger partial charge is 0.267 e. The normalized spacial score (nSPS) is 9.89. The fourth-order valence-corrected chi connectivity index (χ4v) is 1.58. The Kier molecular flexibility index (Phi) is 33.2. The summed E-state index contributed by atoms with van der Waals surface area (Å²) in [7, 11) is -6.34. The first-order chi connectivity index (χ1) is 7.24. The summed E-state index contributed by atoms with van der Waals surface area (Å²) in [6, 6.07) is 0. The number of hydrogen-bond acceptors (Lipinski definition) is 6. The zero-order valence-corrected chi connectivity index (χ0v) is 20.7. The maximum absolute atomic E-state index is 10.4. The Morgan fingerprint density at radius 1 is 0.632 bits per heavy atom. The van der Waals surface area contributed by atoms with E-state index in [9.17, 15) is 16.8 Å². The van der Waals surface area contributed by atoms with Crippen LogP contribution in [0.15, 0.2) is 0 Å². The van der Waals surface area contributed by atoms with Crippen LogP contribution in [0.25, 0.3) is 0 Å². The molecule has 0 saturated heterocycles. The maximum Gasteiger partial charge on any atom is 0.267 e. The van der Waals surface area contributed by atoms with E-state index < -0.39 is 20.2 Å². The van der Waals surface area contributed by atoms with Crippen LogP contribution in [-0.2, 0) is 28.6 Å². The molecule has 0 unspecified atom stereocenters. The van der Waals surface area contributed by atoms with Crippen LogP contribution in [0.1, 0.15) is 27.7 Å².